The molecule has 1 radical (unpaired) electrons. The molecule has 1 heteroatoms. The summed E-state index contributed by atoms with van der Waals surface area (Å²) in [4.78, 5) is 0. The van der Waals surface area contributed by atoms with Crippen LogP contribution in [0.15, 0.2) is 30.3 Å². The molecule has 1 aromatic carbocycles. The zero-order chi connectivity index (χ0) is 7.52. The first-order valence-electron chi connectivity index (χ1n) is 4.08. The quantitative estimate of drug-likeness (QED) is 0.638. The van der Waals surface area contributed by atoms with Gasteiger partial charge in [0.15, 0.2) is 0 Å². The normalized spacial score (nSPS) is 23.8. The fourth-order valence-corrected chi connectivity index (χ4v) is 1.51. The van der Waals surface area contributed by atoms with Gasteiger partial charge in [-0.1, -0.05) is 30.3 Å². The van der Waals surface area contributed by atoms with Crippen molar-refractivity contribution in [2.75, 3.05) is 6.54 Å². The lowest BCUT2D eigenvalue weighted by Crippen LogP contribution is -2.00. The SMILES string of the molecule is [CH]1NCCC1c1ccccc1. The van der Waals surface area contributed by atoms with Crippen LogP contribution >= 0.6 is 0 Å². The van der Waals surface area contributed by atoms with Gasteiger partial charge >= 0.3 is 0 Å². The van der Waals surface area contributed by atoms with Crippen LogP contribution in [0.2, 0.25) is 0 Å². The van der Waals surface area contributed by atoms with E-state index in [0.717, 1.165) is 6.54 Å². The first kappa shape index (κ1) is 6.86. The van der Waals surface area contributed by atoms with Gasteiger partial charge in [0, 0.05) is 12.5 Å². The van der Waals surface area contributed by atoms with E-state index in [1.165, 1.54) is 12.0 Å². The molecule has 1 aromatic rings. The van der Waals surface area contributed by atoms with Crippen molar-refractivity contribution in [1.29, 1.82) is 0 Å². The third kappa shape index (κ3) is 1.43. The van der Waals surface area contributed by atoms with E-state index in [9.17, 15) is 0 Å². The van der Waals surface area contributed by atoms with Crippen molar-refractivity contribution in [2.45, 2.75) is 12.3 Å². The molecule has 0 aromatic heterocycles. The predicted octanol–water partition coefficient (Wildman–Crippen LogP) is 1.93. The molecule has 1 nitrogen and oxygen atoms in total. The van der Waals surface area contributed by atoms with Crippen molar-refractivity contribution in [2.24, 2.45) is 0 Å². The van der Waals surface area contributed by atoms with Crippen LogP contribution in [-0.4, -0.2) is 6.54 Å². The number of nitrogens with one attached hydrogen (secondary N) is 1. The van der Waals surface area contributed by atoms with Crippen molar-refractivity contribution in [3.05, 3.63) is 42.4 Å². The highest BCUT2D eigenvalue weighted by atomic mass is 14.9. The van der Waals surface area contributed by atoms with Gasteiger partial charge in [0.25, 0.3) is 0 Å². The van der Waals surface area contributed by atoms with E-state index in [4.69, 9.17) is 0 Å². The maximum Gasteiger partial charge on any atom is 0.0296 e. The summed E-state index contributed by atoms with van der Waals surface area (Å²) in [6.07, 6.45) is 1.24. The lowest BCUT2D eigenvalue weighted by Gasteiger charge is -2.06. The number of hydrogen-bond donors (Lipinski definition) is 1. The van der Waals surface area contributed by atoms with E-state index in [2.05, 4.69) is 42.2 Å². The van der Waals surface area contributed by atoms with E-state index in [1.807, 2.05) is 0 Å². The molecule has 1 saturated heterocycles. The van der Waals surface area contributed by atoms with Crippen molar-refractivity contribution in [1.82, 2.24) is 5.32 Å². The maximum absolute atomic E-state index is 3.25. The Hall–Kier alpha value is -0.820. The topological polar surface area (TPSA) is 12.0 Å². The van der Waals surface area contributed by atoms with Crippen LogP contribution in [0.1, 0.15) is 17.9 Å². The summed E-state index contributed by atoms with van der Waals surface area (Å²) in [6, 6.07) is 10.6. The van der Waals surface area contributed by atoms with Crippen LogP contribution in [0, 0.1) is 6.54 Å². The predicted molar refractivity (Wildman–Crippen MR) is 46.1 cm³/mol. The highest BCUT2D eigenvalue weighted by Crippen LogP contribution is 2.24. The van der Waals surface area contributed by atoms with Crippen LogP contribution in [-0.2, 0) is 0 Å². The lowest BCUT2D eigenvalue weighted by atomic mass is 9.99. The fourth-order valence-electron chi connectivity index (χ4n) is 1.51. The molecule has 11 heavy (non-hydrogen) atoms. The monoisotopic (exact) mass is 146 g/mol. The molecular formula is C10H12N. The van der Waals surface area contributed by atoms with E-state index in [-0.39, 0.29) is 0 Å². The summed E-state index contributed by atoms with van der Waals surface area (Å²) in [6.45, 7) is 3.31. The minimum atomic E-state index is 0.635. The van der Waals surface area contributed by atoms with Crippen LogP contribution in [0.3, 0.4) is 0 Å². The number of rotatable bonds is 1. The Balaban J connectivity index is 2.16. The zero-order valence-electron chi connectivity index (χ0n) is 6.46. The van der Waals surface area contributed by atoms with E-state index in [1.54, 1.807) is 0 Å². The molecule has 1 unspecified atom stereocenters. The second-order valence-electron chi connectivity index (χ2n) is 2.93. The highest BCUT2D eigenvalue weighted by Gasteiger charge is 2.15. The Bertz CT molecular complexity index is 212. The molecule has 1 aliphatic rings. The van der Waals surface area contributed by atoms with Crippen LogP contribution < -0.4 is 5.32 Å². The fraction of sp³-hybridized carbons (Fsp3) is 0.300. The minimum Gasteiger partial charge on any atom is -0.312 e. The third-order valence-corrected chi connectivity index (χ3v) is 2.15. The van der Waals surface area contributed by atoms with E-state index in [0.29, 0.717) is 5.92 Å². The second-order valence-corrected chi connectivity index (χ2v) is 2.93. The molecule has 0 saturated carbocycles. The van der Waals surface area contributed by atoms with E-state index >= 15 is 0 Å². The first-order chi connectivity index (χ1) is 5.47. The Morgan fingerprint density at radius 3 is 2.64 bits per heavy atom. The van der Waals surface area contributed by atoms with Gasteiger partial charge in [0.1, 0.15) is 0 Å². The summed E-state index contributed by atoms with van der Waals surface area (Å²) in [5.41, 5.74) is 1.43. The highest BCUT2D eigenvalue weighted by molar-refractivity contribution is 5.23. The van der Waals surface area contributed by atoms with Crippen LogP contribution in [0.5, 0.6) is 0 Å². The minimum absolute atomic E-state index is 0.635. The molecule has 1 atom stereocenters. The maximum atomic E-state index is 3.25. The standard InChI is InChI=1S/C10H12N/c1-2-4-9(5-3-1)10-6-7-11-8-10/h1-5,8,10-11H,6-7H2. The summed E-state index contributed by atoms with van der Waals surface area (Å²) in [5.74, 6) is 0.635. The smallest absolute Gasteiger partial charge is 0.0296 e. The van der Waals surface area contributed by atoms with Gasteiger partial charge in [-0.25, -0.2) is 0 Å². The Morgan fingerprint density at radius 1 is 1.18 bits per heavy atom. The molecule has 1 heterocycles. The molecule has 57 valence electrons. The first-order valence-corrected chi connectivity index (χ1v) is 4.08. The van der Waals surface area contributed by atoms with Crippen molar-refractivity contribution >= 4 is 0 Å². The lowest BCUT2D eigenvalue weighted by molar-refractivity contribution is 0.823. The summed E-state index contributed by atoms with van der Waals surface area (Å²) < 4.78 is 0. The molecule has 1 aliphatic heterocycles. The second kappa shape index (κ2) is 3.05. The number of hydrogen-bond acceptors (Lipinski definition) is 1. The molecule has 1 N–H and O–H groups in total. The van der Waals surface area contributed by atoms with Gasteiger partial charge < -0.3 is 5.32 Å². The largest absolute Gasteiger partial charge is 0.312 e. The van der Waals surface area contributed by atoms with Crippen molar-refractivity contribution < 1.29 is 0 Å². The van der Waals surface area contributed by atoms with Gasteiger partial charge in [0.2, 0.25) is 0 Å². The number of benzene rings is 1. The Labute approximate surface area is 67.4 Å². The van der Waals surface area contributed by atoms with E-state index < -0.39 is 0 Å². The molecule has 0 spiro atoms. The summed E-state index contributed by atoms with van der Waals surface area (Å²) in [7, 11) is 0. The molecule has 0 aliphatic carbocycles. The molecular weight excluding hydrogens is 134 g/mol. The average molecular weight is 146 g/mol. The average Bonchev–Trinajstić information content (AvgIpc) is 2.58. The van der Waals surface area contributed by atoms with Gasteiger partial charge in [-0.3, -0.25) is 0 Å². The van der Waals surface area contributed by atoms with Gasteiger partial charge in [-0.2, -0.15) is 0 Å². The Kier molecular flexibility index (Phi) is 1.91. The van der Waals surface area contributed by atoms with Crippen LogP contribution in [0.4, 0.5) is 0 Å². The molecule has 0 bridgehead atoms. The van der Waals surface area contributed by atoms with Crippen LogP contribution in [0.25, 0.3) is 0 Å². The van der Waals surface area contributed by atoms with Crippen molar-refractivity contribution in [3.63, 3.8) is 0 Å². The molecule has 0 amide bonds. The molecule has 1 fully saturated rings. The summed E-state index contributed by atoms with van der Waals surface area (Å²) >= 11 is 0. The Morgan fingerprint density at radius 2 is 2.00 bits per heavy atom. The van der Waals surface area contributed by atoms with Crippen molar-refractivity contribution in [3.8, 4) is 0 Å². The third-order valence-electron chi connectivity index (χ3n) is 2.15. The van der Waals surface area contributed by atoms with Gasteiger partial charge in [-0.15, -0.1) is 0 Å². The van der Waals surface area contributed by atoms with Gasteiger partial charge in [0.05, 0.1) is 0 Å². The molecule has 2 rings (SSSR count). The van der Waals surface area contributed by atoms with Gasteiger partial charge in [-0.05, 0) is 18.5 Å². The zero-order valence-corrected chi connectivity index (χ0v) is 6.46. The summed E-state index contributed by atoms with van der Waals surface area (Å²) in [5, 5.41) is 3.25.